The van der Waals surface area contributed by atoms with Crippen molar-refractivity contribution < 1.29 is 0 Å². The van der Waals surface area contributed by atoms with Gasteiger partial charge in [0.1, 0.15) is 11.0 Å². The first-order chi connectivity index (χ1) is 3.50. The van der Waals surface area contributed by atoms with Gasteiger partial charge in [-0.05, 0) is 0 Å². The van der Waals surface area contributed by atoms with Crippen LogP contribution < -0.4 is 0 Å². The fourth-order valence-corrected chi connectivity index (χ4v) is 0.408. The standard InChI is InChI=1S/C2H2N2S.N2/c1-3-4-2-5-1;1-2/h1-2H;. The van der Waals surface area contributed by atoms with Crippen molar-refractivity contribution in [3.8, 4) is 0 Å². The summed E-state index contributed by atoms with van der Waals surface area (Å²) in [6.07, 6.45) is 0. The lowest BCUT2D eigenvalue weighted by Crippen LogP contribution is -1.53. The molecule has 0 bridgehead atoms. The third-order valence-corrected chi connectivity index (χ3v) is 0.715. The van der Waals surface area contributed by atoms with Crippen molar-refractivity contribution in [2.24, 2.45) is 0 Å². The lowest BCUT2D eigenvalue weighted by atomic mass is 11.6. The van der Waals surface area contributed by atoms with Crippen LogP contribution in [0.5, 0.6) is 0 Å². The van der Waals surface area contributed by atoms with Gasteiger partial charge in [0, 0.05) is 10.8 Å². The summed E-state index contributed by atoms with van der Waals surface area (Å²) in [6, 6.07) is 0. The summed E-state index contributed by atoms with van der Waals surface area (Å²) in [5, 5.41) is 19.0. The highest BCUT2D eigenvalue weighted by Crippen LogP contribution is 1.80. The van der Waals surface area contributed by atoms with Crippen molar-refractivity contribution in [1.29, 1.82) is 10.8 Å². The summed E-state index contributed by atoms with van der Waals surface area (Å²) in [7, 11) is 0. The van der Waals surface area contributed by atoms with Gasteiger partial charge in [-0.15, -0.1) is 21.5 Å². The Labute approximate surface area is 44.2 Å². The molecule has 0 saturated carbocycles. The predicted molar refractivity (Wildman–Crippen MR) is 23.4 cm³/mol. The molecule has 7 heavy (non-hydrogen) atoms. The van der Waals surface area contributed by atoms with E-state index < -0.39 is 0 Å². The van der Waals surface area contributed by atoms with Crippen LogP contribution in [0.1, 0.15) is 0 Å². The van der Waals surface area contributed by atoms with Crippen LogP contribution >= 0.6 is 11.3 Å². The molecule has 1 aromatic rings. The fourth-order valence-electron chi connectivity index (χ4n) is 0.136. The molecule has 1 heterocycles. The molecule has 0 amide bonds. The monoisotopic (exact) mass is 114 g/mol. The van der Waals surface area contributed by atoms with Crippen LogP contribution in [0.15, 0.2) is 11.0 Å². The molecular formula is C2H2N4S. The zero-order valence-electron chi connectivity index (χ0n) is 3.35. The van der Waals surface area contributed by atoms with Gasteiger partial charge >= 0.3 is 0 Å². The molecule has 0 N–H and O–H groups in total. The third kappa shape index (κ3) is 2.79. The van der Waals surface area contributed by atoms with Crippen molar-refractivity contribution in [2.75, 3.05) is 0 Å². The lowest BCUT2D eigenvalue weighted by molar-refractivity contribution is 1.09. The number of hydrogen-bond acceptors (Lipinski definition) is 5. The molecule has 5 heteroatoms. The molecule has 0 aromatic carbocycles. The summed E-state index contributed by atoms with van der Waals surface area (Å²) in [5.74, 6) is 0. The maximum atomic E-state index is 6.00. The van der Waals surface area contributed by atoms with Gasteiger partial charge in [0.05, 0.1) is 0 Å². The zero-order valence-corrected chi connectivity index (χ0v) is 4.17. The number of aromatic nitrogens is 2. The van der Waals surface area contributed by atoms with Gasteiger partial charge in [0.2, 0.25) is 0 Å². The first-order valence-corrected chi connectivity index (χ1v) is 2.33. The van der Waals surface area contributed by atoms with Gasteiger partial charge in [-0.1, -0.05) is 0 Å². The first-order valence-electron chi connectivity index (χ1n) is 1.39. The van der Waals surface area contributed by atoms with E-state index in [0.717, 1.165) is 0 Å². The van der Waals surface area contributed by atoms with Gasteiger partial charge < -0.3 is 0 Å². The van der Waals surface area contributed by atoms with E-state index in [4.69, 9.17) is 10.8 Å². The minimum atomic E-state index is 1.49. The number of hydrogen-bond donors (Lipinski definition) is 0. The Morgan fingerprint density at radius 2 is 1.57 bits per heavy atom. The van der Waals surface area contributed by atoms with Gasteiger partial charge in [0.15, 0.2) is 0 Å². The normalized spacial score (nSPS) is 6.00. The maximum absolute atomic E-state index is 6.00. The van der Waals surface area contributed by atoms with E-state index in [1.165, 1.54) is 11.3 Å². The summed E-state index contributed by atoms with van der Waals surface area (Å²) >= 11 is 1.49. The predicted octanol–water partition coefficient (Wildman–Crippen LogP) is 0.568. The molecule has 0 unspecified atom stereocenters. The Bertz CT molecular complexity index is 93.3. The summed E-state index contributed by atoms with van der Waals surface area (Å²) in [4.78, 5) is 0. The van der Waals surface area contributed by atoms with Crippen molar-refractivity contribution in [2.45, 2.75) is 0 Å². The Hall–Kier alpha value is -1.02. The maximum Gasteiger partial charge on any atom is 0.103 e. The first kappa shape index (κ1) is 5.98. The van der Waals surface area contributed by atoms with Crippen LogP contribution in [-0.2, 0) is 0 Å². The molecule has 1 aromatic heterocycles. The van der Waals surface area contributed by atoms with E-state index in [1.807, 2.05) is 0 Å². The molecule has 0 aliphatic rings. The van der Waals surface area contributed by atoms with Crippen molar-refractivity contribution >= 4 is 11.3 Å². The second-order valence-electron chi connectivity index (χ2n) is 0.578. The van der Waals surface area contributed by atoms with Crippen LogP contribution in [0.2, 0.25) is 0 Å². The van der Waals surface area contributed by atoms with E-state index in [0.29, 0.717) is 0 Å². The summed E-state index contributed by atoms with van der Waals surface area (Å²) in [6.45, 7) is 0. The molecule has 4 nitrogen and oxygen atoms in total. The second-order valence-corrected chi connectivity index (χ2v) is 1.27. The van der Waals surface area contributed by atoms with Gasteiger partial charge in [-0.25, -0.2) is 0 Å². The van der Waals surface area contributed by atoms with Crippen LogP contribution in [0.3, 0.4) is 0 Å². The molecule has 1 rings (SSSR count). The largest absolute Gasteiger partial charge is 0.147 e. The minimum absolute atomic E-state index is 1.49. The smallest absolute Gasteiger partial charge is 0.103 e. The van der Waals surface area contributed by atoms with Crippen molar-refractivity contribution in [3.05, 3.63) is 11.0 Å². The van der Waals surface area contributed by atoms with Crippen molar-refractivity contribution in [1.82, 2.24) is 10.2 Å². The van der Waals surface area contributed by atoms with Gasteiger partial charge in [-0.3, -0.25) is 0 Å². The molecule has 0 radical (unpaired) electrons. The fraction of sp³-hybridized carbons (Fsp3) is 0. The number of rotatable bonds is 0. The summed E-state index contributed by atoms with van der Waals surface area (Å²) in [5.41, 5.74) is 3.36. The molecule has 0 aliphatic carbocycles. The highest BCUT2D eigenvalue weighted by Gasteiger charge is 1.60. The average Bonchev–Trinajstić information content (AvgIpc) is 2.23. The molecule has 0 saturated heterocycles. The third-order valence-electron chi connectivity index (χ3n) is 0.283. The SMILES string of the molecule is N#N.c1nncs1. The Balaban J connectivity index is 0.000000162. The molecular weight excluding hydrogens is 112 g/mol. The van der Waals surface area contributed by atoms with Gasteiger partial charge in [-0.2, -0.15) is 0 Å². The Kier molecular flexibility index (Phi) is 4.25. The molecule has 36 valence electrons. The van der Waals surface area contributed by atoms with Crippen LogP contribution in [0.25, 0.3) is 0 Å². The highest BCUT2D eigenvalue weighted by molar-refractivity contribution is 7.07. The Morgan fingerprint density at radius 3 is 1.71 bits per heavy atom. The van der Waals surface area contributed by atoms with E-state index in [1.54, 1.807) is 11.0 Å². The zero-order chi connectivity index (χ0) is 5.54. The van der Waals surface area contributed by atoms with E-state index >= 15 is 0 Å². The van der Waals surface area contributed by atoms with Crippen LogP contribution in [-0.4, -0.2) is 10.2 Å². The molecule has 0 fully saturated rings. The minimum Gasteiger partial charge on any atom is -0.147 e. The summed E-state index contributed by atoms with van der Waals surface area (Å²) < 4.78 is 0. The highest BCUT2D eigenvalue weighted by atomic mass is 32.1. The molecule has 0 atom stereocenters. The average molecular weight is 114 g/mol. The molecule has 0 aliphatic heterocycles. The topological polar surface area (TPSA) is 73.4 Å². The molecule has 0 spiro atoms. The van der Waals surface area contributed by atoms with Crippen LogP contribution in [0, 0.1) is 10.8 Å². The van der Waals surface area contributed by atoms with E-state index in [2.05, 4.69) is 10.2 Å². The van der Waals surface area contributed by atoms with E-state index in [9.17, 15) is 0 Å². The quantitative estimate of drug-likeness (QED) is 0.462. The Morgan fingerprint density at radius 1 is 1.14 bits per heavy atom. The van der Waals surface area contributed by atoms with Crippen molar-refractivity contribution in [3.63, 3.8) is 0 Å². The van der Waals surface area contributed by atoms with Crippen LogP contribution in [0.4, 0.5) is 0 Å². The lowest BCUT2D eigenvalue weighted by Gasteiger charge is -1.41. The number of nitrogens with zero attached hydrogens (tertiary/aromatic N) is 4. The van der Waals surface area contributed by atoms with Gasteiger partial charge in [0.25, 0.3) is 0 Å². The second kappa shape index (κ2) is 4.98. The van der Waals surface area contributed by atoms with E-state index in [-0.39, 0.29) is 0 Å².